The third kappa shape index (κ3) is 4.21. The van der Waals surface area contributed by atoms with Crippen molar-refractivity contribution >= 4 is 23.1 Å². The highest BCUT2D eigenvalue weighted by atomic mass is 19.1. The number of carbonyl (C=O) groups is 1. The number of rotatable bonds is 6. The van der Waals surface area contributed by atoms with Crippen molar-refractivity contribution in [1.29, 1.82) is 0 Å². The van der Waals surface area contributed by atoms with Crippen LogP contribution >= 0.6 is 0 Å². The number of ether oxygens (including phenoxy) is 1. The van der Waals surface area contributed by atoms with E-state index < -0.39 is 0 Å². The first kappa shape index (κ1) is 17.4. The van der Waals surface area contributed by atoms with Crippen LogP contribution < -0.4 is 15.4 Å². The average molecular weight is 378 g/mol. The monoisotopic (exact) mass is 378 g/mol. The molecule has 0 aliphatic heterocycles. The minimum Gasteiger partial charge on any atom is -0.457 e. The van der Waals surface area contributed by atoms with E-state index in [1.165, 1.54) is 23.0 Å². The molecule has 0 aliphatic carbocycles. The van der Waals surface area contributed by atoms with Gasteiger partial charge in [0.05, 0.1) is 6.54 Å². The molecule has 9 heteroatoms. The lowest BCUT2D eigenvalue weighted by atomic mass is 10.3. The number of anilines is 2. The molecule has 0 radical (unpaired) electrons. The summed E-state index contributed by atoms with van der Waals surface area (Å²) < 4.78 is 20.0. The molecule has 0 saturated heterocycles. The van der Waals surface area contributed by atoms with Crippen LogP contribution in [0.15, 0.2) is 67.0 Å². The molecule has 2 heterocycles. The number of halogens is 1. The number of nitrogens with one attached hydrogen (secondary N) is 2. The van der Waals surface area contributed by atoms with E-state index in [1.807, 2.05) is 0 Å². The number of fused-ring (bicyclic) bond motifs is 1. The van der Waals surface area contributed by atoms with Gasteiger partial charge in [0.2, 0.25) is 5.91 Å². The number of nitrogens with zero attached hydrogens (tertiary/aromatic N) is 4. The van der Waals surface area contributed by atoms with Gasteiger partial charge >= 0.3 is 0 Å². The lowest BCUT2D eigenvalue weighted by Crippen LogP contribution is -2.22. The van der Waals surface area contributed by atoms with E-state index in [0.717, 1.165) is 0 Å². The van der Waals surface area contributed by atoms with E-state index in [4.69, 9.17) is 4.74 Å². The van der Waals surface area contributed by atoms with E-state index in [-0.39, 0.29) is 18.3 Å². The molecule has 2 aromatic carbocycles. The van der Waals surface area contributed by atoms with E-state index in [9.17, 15) is 9.18 Å². The Labute approximate surface area is 159 Å². The molecule has 0 atom stereocenters. The number of hydrogen-bond donors (Lipinski definition) is 2. The van der Waals surface area contributed by atoms with Crippen LogP contribution in [0, 0.1) is 5.82 Å². The Hall–Kier alpha value is -4.01. The summed E-state index contributed by atoms with van der Waals surface area (Å²) in [6.07, 6.45) is 1.48. The highest BCUT2D eigenvalue weighted by Gasteiger charge is 2.05. The van der Waals surface area contributed by atoms with E-state index in [2.05, 4.69) is 25.9 Å². The molecule has 0 unspecified atom stereocenters. The fourth-order valence-corrected chi connectivity index (χ4v) is 2.44. The summed E-state index contributed by atoms with van der Waals surface area (Å²) in [4.78, 5) is 12.1. The van der Waals surface area contributed by atoms with Crippen LogP contribution in [0.1, 0.15) is 0 Å². The van der Waals surface area contributed by atoms with E-state index in [0.29, 0.717) is 28.7 Å². The normalized spacial score (nSPS) is 10.6. The fraction of sp³-hybridized carbons (Fsp3) is 0.0526. The van der Waals surface area contributed by atoms with Crippen LogP contribution in [0.4, 0.5) is 15.9 Å². The predicted molar refractivity (Wildman–Crippen MR) is 101 cm³/mol. The molecular weight excluding hydrogens is 363 g/mol. The highest BCUT2D eigenvalue weighted by molar-refractivity contribution is 5.93. The lowest BCUT2D eigenvalue weighted by Gasteiger charge is -2.09. The molecule has 0 fully saturated rings. The lowest BCUT2D eigenvalue weighted by molar-refractivity contribution is -0.114. The van der Waals surface area contributed by atoms with Crippen molar-refractivity contribution in [2.45, 2.75) is 0 Å². The van der Waals surface area contributed by atoms with Crippen LogP contribution in [0.25, 0.3) is 5.65 Å². The van der Waals surface area contributed by atoms with Crippen molar-refractivity contribution in [3.8, 4) is 11.5 Å². The zero-order chi connectivity index (χ0) is 19.3. The van der Waals surface area contributed by atoms with Gasteiger partial charge in [0.25, 0.3) is 0 Å². The van der Waals surface area contributed by atoms with Crippen LogP contribution in [0.3, 0.4) is 0 Å². The van der Waals surface area contributed by atoms with E-state index in [1.54, 1.807) is 48.5 Å². The van der Waals surface area contributed by atoms with Crippen LogP contribution in [0.5, 0.6) is 11.5 Å². The maximum Gasteiger partial charge on any atom is 0.243 e. The van der Waals surface area contributed by atoms with Crippen molar-refractivity contribution in [3.63, 3.8) is 0 Å². The molecule has 2 N–H and O–H groups in total. The highest BCUT2D eigenvalue weighted by Crippen LogP contribution is 2.23. The Kier molecular flexibility index (Phi) is 4.79. The second-order valence-electron chi connectivity index (χ2n) is 5.83. The molecular formula is C19H15FN6O2. The Balaban J connectivity index is 1.30. The molecule has 2 aromatic heterocycles. The first-order valence-corrected chi connectivity index (χ1v) is 8.40. The van der Waals surface area contributed by atoms with Gasteiger partial charge < -0.3 is 15.4 Å². The fourth-order valence-electron chi connectivity index (χ4n) is 2.44. The van der Waals surface area contributed by atoms with Gasteiger partial charge in [0.15, 0.2) is 5.65 Å². The van der Waals surface area contributed by atoms with Gasteiger partial charge in [-0.15, -0.1) is 15.3 Å². The van der Waals surface area contributed by atoms with Crippen molar-refractivity contribution in [2.24, 2.45) is 0 Å². The Morgan fingerprint density at radius 2 is 1.71 bits per heavy atom. The van der Waals surface area contributed by atoms with Gasteiger partial charge in [0.1, 0.15) is 29.5 Å². The van der Waals surface area contributed by atoms with Crippen LogP contribution in [0.2, 0.25) is 0 Å². The Morgan fingerprint density at radius 3 is 2.46 bits per heavy atom. The maximum atomic E-state index is 12.9. The van der Waals surface area contributed by atoms with E-state index >= 15 is 0 Å². The first-order valence-electron chi connectivity index (χ1n) is 8.40. The summed E-state index contributed by atoms with van der Waals surface area (Å²) in [7, 11) is 0. The topological polar surface area (TPSA) is 93.4 Å². The quantitative estimate of drug-likeness (QED) is 0.536. The average Bonchev–Trinajstić information content (AvgIpc) is 3.17. The summed E-state index contributed by atoms with van der Waals surface area (Å²) in [6, 6.07) is 16.1. The Bertz CT molecular complexity index is 1100. The minimum atomic E-state index is -0.323. The molecule has 1 amide bonds. The molecule has 8 nitrogen and oxygen atoms in total. The number of benzene rings is 2. The summed E-state index contributed by atoms with van der Waals surface area (Å²) >= 11 is 0. The van der Waals surface area contributed by atoms with Crippen molar-refractivity contribution in [3.05, 3.63) is 72.8 Å². The predicted octanol–water partition coefficient (Wildman–Crippen LogP) is 3.11. The summed E-state index contributed by atoms with van der Waals surface area (Å²) in [5, 5.41) is 17.6. The maximum absolute atomic E-state index is 12.9. The van der Waals surface area contributed by atoms with Gasteiger partial charge in [0, 0.05) is 5.69 Å². The molecule has 28 heavy (non-hydrogen) atoms. The largest absolute Gasteiger partial charge is 0.457 e. The summed E-state index contributed by atoms with van der Waals surface area (Å²) in [5.41, 5.74) is 1.25. The van der Waals surface area contributed by atoms with Gasteiger partial charge in [-0.25, -0.2) is 4.39 Å². The third-order valence-corrected chi connectivity index (χ3v) is 3.78. The smallest absolute Gasteiger partial charge is 0.243 e. The van der Waals surface area contributed by atoms with Gasteiger partial charge in [-0.3, -0.25) is 4.79 Å². The second-order valence-corrected chi connectivity index (χ2v) is 5.83. The van der Waals surface area contributed by atoms with Crippen molar-refractivity contribution in [2.75, 3.05) is 17.2 Å². The number of hydrogen-bond acceptors (Lipinski definition) is 6. The van der Waals surface area contributed by atoms with Gasteiger partial charge in [-0.2, -0.15) is 4.52 Å². The number of amides is 1. The third-order valence-electron chi connectivity index (χ3n) is 3.78. The number of aromatic nitrogens is 4. The zero-order valence-corrected chi connectivity index (χ0v) is 14.5. The standard InChI is InChI=1S/C19H15FN6O2/c20-13-1-5-15(6-2-13)28-16-7-3-14(4-8-16)23-19(27)11-21-17-9-10-18-24-22-12-26(18)25-17/h1-10,12H,11H2,(H,21,25)(H,23,27). The van der Waals surface area contributed by atoms with Crippen LogP contribution in [-0.4, -0.2) is 32.3 Å². The molecule has 4 aromatic rings. The summed E-state index contributed by atoms with van der Waals surface area (Å²) in [6.45, 7) is 0.0501. The zero-order valence-electron chi connectivity index (χ0n) is 14.5. The van der Waals surface area contributed by atoms with Crippen molar-refractivity contribution < 1.29 is 13.9 Å². The summed E-state index contributed by atoms with van der Waals surface area (Å²) in [5.74, 6) is 1.09. The molecule has 0 spiro atoms. The van der Waals surface area contributed by atoms with Gasteiger partial charge in [-0.05, 0) is 60.7 Å². The minimum absolute atomic E-state index is 0.0501. The molecule has 0 bridgehead atoms. The molecule has 4 rings (SSSR count). The molecule has 0 aliphatic rings. The van der Waals surface area contributed by atoms with Crippen LogP contribution in [-0.2, 0) is 4.79 Å². The molecule has 140 valence electrons. The SMILES string of the molecule is O=C(CNc1ccc2nncn2n1)Nc1ccc(Oc2ccc(F)cc2)cc1. The Morgan fingerprint density at radius 1 is 1.00 bits per heavy atom. The molecule has 0 saturated carbocycles. The van der Waals surface area contributed by atoms with Crippen molar-refractivity contribution in [1.82, 2.24) is 19.8 Å². The second kappa shape index (κ2) is 7.70. The van der Waals surface area contributed by atoms with Gasteiger partial charge in [-0.1, -0.05) is 0 Å². The number of carbonyl (C=O) groups excluding carboxylic acids is 1. The first-order chi connectivity index (χ1) is 13.7.